The fourth-order valence-corrected chi connectivity index (χ4v) is 5.56. The molecular formula is C27H24F4N6O2. The van der Waals surface area contributed by atoms with Crippen LogP contribution in [0.5, 0.6) is 5.75 Å². The monoisotopic (exact) mass is 540 g/mol. The summed E-state index contributed by atoms with van der Waals surface area (Å²) in [7, 11) is 1.56. The number of carbonyl (C=O) groups is 1. The van der Waals surface area contributed by atoms with Gasteiger partial charge in [-0.25, -0.2) is 14.1 Å². The molecule has 0 saturated heterocycles. The van der Waals surface area contributed by atoms with Gasteiger partial charge in [0.25, 0.3) is 0 Å². The van der Waals surface area contributed by atoms with E-state index in [1.54, 1.807) is 24.2 Å². The third kappa shape index (κ3) is 4.33. The third-order valence-electron chi connectivity index (χ3n) is 7.61. The average molecular weight is 541 g/mol. The summed E-state index contributed by atoms with van der Waals surface area (Å²) >= 11 is 0. The van der Waals surface area contributed by atoms with E-state index in [0.717, 1.165) is 28.0 Å². The number of carbonyl (C=O) groups excluding carboxylic acids is 1. The standard InChI is InChI=1S/C27H24F4N6O2/c1-16-32-9-10-35(16)22-5-3-17(12-23(22)39-2)20-14-37(34-33-20)24-13-26(24)8-7-18-11-19(28)4-6-21(18)36(25(26)38)15-27(29,30)31/h3-6,9-12,14,24H,7-8,13,15H2,1-2H3. The van der Waals surface area contributed by atoms with Crippen LogP contribution in [-0.2, 0) is 11.2 Å². The number of anilines is 1. The highest BCUT2D eigenvalue weighted by molar-refractivity contribution is 6.01. The van der Waals surface area contributed by atoms with Gasteiger partial charge in [-0.05, 0) is 62.1 Å². The van der Waals surface area contributed by atoms with Crippen LogP contribution < -0.4 is 9.64 Å². The molecule has 2 unspecified atom stereocenters. The van der Waals surface area contributed by atoms with E-state index in [-0.39, 0.29) is 18.5 Å². The van der Waals surface area contributed by atoms with E-state index in [1.807, 2.05) is 35.9 Å². The Kier molecular flexibility index (Phi) is 5.74. The van der Waals surface area contributed by atoms with Gasteiger partial charge in [0.2, 0.25) is 5.91 Å². The van der Waals surface area contributed by atoms with Crippen LogP contribution in [0.15, 0.2) is 55.0 Å². The lowest BCUT2D eigenvalue weighted by atomic mass is 9.96. The van der Waals surface area contributed by atoms with E-state index >= 15 is 0 Å². The summed E-state index contributed by atoms with van der Waals surface area (Å²) in [6.45, 7) is 0.439. The first-order valence-electron chi connectivity index (χ1n) is 12.4. The predicted octanol–water partition coefficient (Wildman–Crippen LogP) is 5.06. The Labute approximate surface area is 220 Å². The Morgan fingerprint density at radius 3 is 2.67 bits per heavy atom. The first-order chi connectivity index (χ1) is 18.6. The molecule has 2 aromatic heterocycles. The van der Waals surface area contributed by atoms with Gasteiger partial charge < -0.3 is 14.2 Å². The number of methoxy groups -OCH3 is 1. The molecule has 2 atom stereocenters. The van der Waals surface area contributed by atoms with Crippen LogP contribution in [0.2, 0.25) is 0 Å². The van der Waals surface area contributed by atoms with Gasteiger partial charge in [0.05, 0.1) is 30.5 Å². The maximum Gasteiger partial charge on any atom is 0.406 e. The molecule has 4 aromatic rings. The number of fused-ring (bicyclic) bond motifs is 1. The van der Waals surface area contributed by atoms with E-state index in [2.05, 4.69) is 15.3 Å². The number of rotatable bonds is 5. The predicted molar refractivity (Wildman–Crippen MR) is 133 cm³/mol. The van der Waals surface area contributed by atoms with Gasteiger partial charge >= 0.3 is 6.18 Å². The lowest BCUT2D eigenvalue weighted by Crippen LogP contribution is -2.43. The minimum absolute atomic E-state index is 0.0980. The van der Waals surface area contributed by atoms with Gasteiger partial charge in [-0.1, -0.05) is 11.3 Å². The van der Waals surface area contributed by atoms with Crippen molar-refractivity contribution >= 4 is 11.6 Å². The lowest BCUT2D eigenvalue weighted by Gasteiger charge is -2.27. The molecule has 1 aliphatic carbocycles. The highest BCUT2D eigenvalue weighted by Crippen LogP contribution is 2.62. The van der Waals surface area contributed by atoms with Crippen molar-refractivity contribution in [2.24, 2.45) is 5.41 Å². The number of amides is 1. The van der Waals surface area contributed by atoms with Crippen molar-refractivity contribution < 1.29 is 27.1 Å². The van der Waals surface area contributed by atoms with Crippen LogP contribution in [-0.4, -0.2) is 50.3 Å². The first-order valence-corrected chi connectivity index (χ1v) is 12.4. The van der Waals surface area contributed by atoms with Crippen molar-refractivity contribution in [2.45, 2.75) is 38.4 Å². The Bertz CT molecular complexity index is 1580. The first kappa shape index (κ1) is 25.1. The van der Waals surface area contributed by atoms with Crippen LogP contribution in [0.4, 0.5) is 23.2 Å². The molecule has 202 valence electrons. The second-order valence-corrected chi connectivity index (χ2v) is 9.97. The molecule has 0 radical (unpaired) electrons. The van der Waals surface area contributed by atoms with Crippen LogP contribution in [0.3, 0.4) is 0 Å². The van der Waals surface area contributed by atoms with E-state index < -0.39 is 35.9 Å². The van der Waals surface area contributed by atoms with E-state index in [1.165, 1.54) is 12.1 Å². The summed E-state index contributed by atoms with van der Waals surface area (Å²) in [6, 6.07) is 8.63. The van der Waals surface area contributed by atoms with Gasteiger partial charge in [0.1, 0.15) is 29.6 Å². The Morgan fingerprint density at radius 1 is 1.15 bits per heavy atom. The Balaban J connectivity index is 1.30. The second kappa shape index (κ2) is 8.92. The van der Waals surface area contributed by atoms with Gasteiger partial charge in [-0.2, -0.15) is 13.2 Å². The van der Waals surface area contributed by atoms with Crippen LogP contribution in [0, 0.1) is 18.2 Å². The molecule has 0 bridgehead atoms. The van der Waals surface area contributed by atoms with Crippen molar-refractivity contribution in [2.75, 3.05) is 18.6 Å². The molecule has 8 nitrogen and oxygen atoms in total. The molecule has 1 amide bonds. The number of nitrogens with zero attached hydrogens (tertiary/aromatic N) is 6. The largest absolute Gasteiger partial charge is 0.495 e. The molecule has 6 rings (SSSR count). The van der Waals surface area contributed by atoms with Crippen molar-refractivity contribution in [1.82, 2.24) is 24.5 Å². The fourth-order valence-electron chi connectivity index (χ4n) is 5.56. The SMILES string of the molecule is COc1cc(-c2cn(C3CC34CCc3cc(F)ccc3N(CC(F)(F)F)C4=O)nn2)ccc1-n1ccnc1C. The smallest absolute Gasteiger partial charge is 0.406 e. The number of aromatic nitrogens is 5. The summed E-state index contributed by atoms with van der Waals surface area (Å²) in [5, 5.41) is 8.50. The molecule has 1 fully saturated rings. The number of imidazole rings is 1. The zero-order valence-electron chi connectivity index (χ0n) is 21.1. The quantitative estimate of drug-likeness (QED) is 0.331. The highest BCUT2D eigenvalue weighted by Gasteiger charge is 2.64. The van der Waals surface area contributed by atoms with Gasteiger partial charge in [0.15, 0.2) is 0 Å². The summed E-state index contributed by atoms with van der Waals surface area (Å²) in [5.41, 5.74) is 1.46. The van der Waals surface area contributed by atoms with Gasteiger partial charge in [-0.15, -0.1) is 5.10 Å². The number of ether oxygens (including phenoxy) is 1. The molecule has 1 saturated carbocycles. The Hall–Kier alpha value is -4.22. The molecule has 0 N–H and O–H groups in total. The maximum atomic E-state index is 13.9. The highest BCUT2D eigenvalue weighted by atomic mass is 19.4. The number of hydrogen-bond donors (Lipinski definition) is 0. The van der Waals surface area contributed by atoms with Crippen molar-refractivity contribution in [3.63, 3.8) is 0 Å². The molecular weight excluding hydrogens is 516 g/mol. The Morgan fingerprint density at radius 2 is 1.95 bits per heavy atom. The summed E-state index contributed by atoms with van der Waals surface area (Å²) in [5.74, 6) is 0.206. The topological polar surface area (TPSA) is 78.1 Å². The molecule has 3 heterocycles. The number of aryl methyl sites for hydroxylation is 2. The van der Waals surface area contributed by atoms with Gasteiger partial charge in [0, 0.05) is 23.6 Å². The zero-order valence-corrected chi connectivity index (χ0v) is 21.1. The molecule has 39 heavy (non-hydrogen) atoms. The van der Waals surface area contributed by atoms with Crippen molar-refractivity contribution in [1.29, 1.82) is 0 Å². The number of alkyl halides is 3. The number of benzene rings is 2. The van der Waals surface area contributed by atoms with E-state index in [4.69, 9.17) is 4.74 Å². The lowest BCUT2D eigenvalue weighted by molar-refractivity contribution is -0.136. The molecule has 1 spiro atoms. The minimum Gasteiger partial charge on any atom is -0.495 e. The summed E-state index contributed by atoms with van der Waals surface area (Å²) in [6.07, 6.45) is 1.48. The molecule has 1 aliphatic heterocycles. The molecule has 12 heteroatoms. The normalized spacial score (nSPS) is 20.7. The molecule has 2 aliphatic rings. The number of halogens is 4. The summed E-state index contributed by atoms with van der Waals surface area (Å²) < 4.78 is 63.4. The van der Waals surface area contributed by atoms with E-state index in [0.29, 0.717) is 23.4 Å². The average Bonchev–Trinajstić information content (AvgIpc) is 3.21. The second-order valence-electron chi connectivity index (χ2n) is 9.97. The minimum atomic E-state index is -4.61. The third-order valence-corrected chi connectivity index (χ3v) is 7.61. The zero-order chi connectivity index (χ0) is 27.5. The van der Waals surface area contributed by atoms with Gasteiger partial charge in [-0.3, -0.25) is 4.79 Å². The van der Waals surface area contributed by atoms with E-state index in [9.17, 15) is 22.4 Å². The van der Waals surface area contributed by atoms with Crippen molar-refractivity contribution in [3.8, 4) is 22.7 Å². The van der Waals surface area contributed by atoms with Crippen molar-refractivity contribution in [3.05, 3.63) is 72.2 Å². The fraction of sp³-hybridized carbons (Fsp3) is 0.333. The van der Waals surface area contributed by atoms with Crippen LogP contribution in [0.1, 0.15) is 30.3 Å². The summed E-state index contributed by atoms with van der Waals surface area (Å²) in [4.78, 5) is 18.6. The maximum absolute atomic E-state index is 13.9. The molecule has 2 aromatic carbocycles. The number of hydrogen-bond acceptors (Lipinski definition) is 5. The van der Waals surface area contributed by atoms with Crippen LogP contribution in [0.25, 0.3) is 16.9 Å². The van der Waals surface area contributed by atoms with Crippen LogP contribution >= 0.6 is 0 Å².